The minimum Gasteiger partial charge on any atom is -0.378 e. The number of nitrogens with one attached hydrogen (secondary N) is 1. The zero-order valence-corrected chi connectivity index (χ0v) is 17.1. The third kappa shape index (κ3) is 4.07. The number of nitrogens with zero attached hydrogens (tertiary/aromatic N) is 4. The van der Waals surface area contributed by atoms with Gasteiger partial charge in [-0.2, -0.15) is 5.10 Å². The van der Waals surface area contributed by atoms with Crippen LogP contribution in [-0.2, 0) is 11.8 Å². The fraction of sp³-hybridized carbons (Fsp3) is 0.381. The van der Waals surface area contributed by atoms with Crippen LogP contribution >= 0.6 is 0 Å². The summed E-state index contributed by atoms with van der Waals surface area (Å²) < 4.78 is 47.3. The molecule has 3 aromatic rings. The highest BCUT2D eigenvalue weighted by molar-refractivity contribution is 5.92. The van der Waals surface area contributed by atoms with E-state index in [9.17, 15) is 18.0 Å². The van der Waals surface area contributed by atoms with Gasteiger partial charge in [0.25, 0.3) is 12.0 Å². The highest BCUT2D eigenvalue weighted by Gasteiger charge is 2.21. The lowest BCUT2D eigenvalue weighted by molar-refractivity contribution is 0.122. The molecular weight excluding hydrogens is 411 g/mol. The monoisotopic (exact) mass is 433 g/mol. The van der Waals surface area contributed by atoms with Gasteiger partial charge in [0.15, 0.2) is 5.82 Å². The third-order valence-electron chi connectivity index (χ3n) is 5.37. The Kier molecular flexibility index (Phi) is 5.81. The van der Waals surface area contributed by atoms with Crippen LogP contribution in [0.4, 0.5) is 24.8 Å². The van der Waals surface area contributed by atoms with Crippen molar-refractivity contribution in [3.63, 3.8) is 0 Å². The smallest absolute Gasteiger partial charge is 0.276 e. The molecular formula is C21H22F3N5O2. The predicted molar refractivity (Wildman–Crippen MR) is 111 cm³/mol. The largest absolute Gasteiger partial charge is 0.378 e. The lowest BCUT2D eigenvalue weighted by atomic mass is 10.0. The Morgan fingerprint density at radius 1 is 1.16 bits per heavy atom. The average molecular weight is 433 g/mol. The maximum absolute atomic E-state index is 14.6. The molecule has 10 heteroatoms. The molecule has 1 fully saturated rings. The molecule has 7 nitrogen and oxygen atoms in total. The number of aryl methyl sites for hydroxylation is 1. The lowest BCUT2D eigenvalue weighted by Gasteiger charge is -2.28. The van der Waals surface area contributed by atoms with Crippen molar-refractivity contribution in [1.29, 1.82) is 0 Å². The first kappa shape index (κ1) is 21.1. The van der Waals surface area contributed by atoms with Gasteiger partial charge in [0.2, 0.25) is 0 Å². The van der Waals surface area contributed by atoms with Gasteiger partial charge in [-0.25, -0.2) is 22.8 Å². The fourth-order valence-corrected chi connectivity index (χ4v) is 3.66. The van der Waals surface area contributed by atoms with E-state index in [2.05, 4.69) is 15.4 Å². The van der Waals surface area contributed by atoms with Gasteiger partial charge in [-0.15, -0.1) is 0 Å². The second-order valence-corrected chi connectivity index (χ2v) is 7.38. The van der Waals surface area contributed by atoms with Gasteiger partial charge in [-0.3, -0.25) is 4.79 Å². The Hall–Kier alpha value is -3.14. The van der Waals surface area contributed by atoms with Crippen LogP contribution in [0.3, 0.4) is 0 Å². The van der Waals surface area contributed by atoms with Gasteiger partial charge < -0.3 is 15.0 Å². The second-order valence-electron chi connectivity index (χ2n) is 7.38. The molecule has 0 unspecified atom stereocenters. The average Bonchev–Trinajstić information content (AvgIpc) is 2.77. The minimum absolute atomic E-state index is 0.0871. The van der Waals surface area contributed by atoms with E-state index in [1.165, 1.54) is 30.1 Å². The first-order valence-electron chi connectivity index (χ1n) is 9.89. The van der Waals surface area contributed by atoms with Crippen LogP contribution < -0.4 is 15.8 Å². The number of aromatic nitrogens is 3. The summed E-state index contributed by atoms with van der Waals surface area (Å²) in [4.78, 5) is 19.0. The Labute approximate surface area is 176 Å². The van der Waals surface area contributed by atoms with Crippen molar-refractivity contribution in [3.8, 4) is 0 Å². The molecule has 1 N–H and O–H groups in total. The van der Waals surface area contributed by atoms with Gasteiger partial charge in [-0.05, 0) is 13.0 Å². The molecule has 0 amide bonds. The third-order valence-corrected chi connectivity index (χ3v) is 5.37. The first-order chi connectivity index (χ1) is 14.9. The van der Waals surface area contributed by atoms with E-state index in [1.54, 1.807) is 13.0 Å². The number of halogens is 3. The van der Waals surface area contributed by atoms with Crippen LogP contribution in [-0.4, -0.2) is 41.1 Å². The zero-order valence-electron chi connectivity index (χ0n) is 17.1. The summed E-state index contributed by atoms with van der Waals surface area (Å²) in [6.45, 7) is 4.15. The standard InChI is InChI=1S/C21H22F3N5O2/c1-12(13-4-3-5-14(18(13)22)19(23)24)26-20-15-10-17(29-6-8-31-9-7-29)25-11-16(15)21(30)28(2)27-20/h3-5,10-12,19H,6-9H2,1-2H3,(H,26,27)/t12-/m1/s1. The van der Waals surface area contributed by atoms with E-state index in [1.807, 2.05) is 4.90 Å². The van der Waals surface area contributed by atoms with Gasteiger partial charge in [0.05, 0.1) is 30.2 Å². The Bertz CT molecular complexity index is 1160. The molecule has 3 heterocycles. The Morgan fingerprint density at radius 2 is 1.87 bits per heavy atom. The summed E-state index contributed by atoms with van der Waals surface area (Å²) in [5.74, 6) is 0.0538. The summed E-state index contributed by atoms with van der Waals surface area (Å²) in [5, 5.41) is 8.25. The van der Waals surface area contributed by atoms with Crippen molar-refractivity contribution in [2.75, 3.05) is 36.5 Å². The Balaban J connectivity index is 1.75. The van der Waals surface area contributed by atoms with Gasteiger partial charge in [0, 0.05) is 37.3 Å². The second kappa shape index (κ2) is 8.54. The van der Waals surface area contributed by atoms with Crippen LogP contribution in [0, 0.1) is 5.82 Å². The van der Waals surface area contributed by atoms with E-state index >= 15 is 0 Å². The van der Waals surface area contributed by atoms with Crippen molar-refractivity contribution in [2.45, 2.75) is 19.4 Å². The van der Waals surface area contributed by atoms with E-state index in [-0.39, 0.29) is 11.1 Å². The molecule has 2 aromatic heterocycles. The highest BCUT2D eigenvalue weighted by atomic mass is 19.3. The number of rotatable bonds is 5. The number of morpholine rings is 1. The number of benzene rings is 1. The molecule has 31 heavy (non-hydrogen) atoms. The molecule has 0 saturated carbocycles. The molecule has 0 aliphatic carbocycles. The van der Waals surface area contributed by atoms with Crippen LogP contribution in [0.2, 0.25) is 0 Å². The van der Waals surface area contributed by atoms with Crippen LogP contribution in [0.1, 0.15) is 30.5 Å². The Morgan fingerprint density at radius 3 is 2.58 bits per heavy atom. The summed E-state index contributed by atoms with van der Waals surface area (Å²) in [5.41, 5.74) is -0.882. The van der Waals surface area contributed by atoms with Crippen LogP contribution in [0.5, 0.6) is 0 Å². The van der Waals surface area contributed by atoms with Crippen molar-refractivity contribution >= 4 is 22.4 Å². The summed E-state index contributed by atoms with van der Waals surface area (Å²) >= 11 is 0. The molecule has 0 radical (unpaired) electrons. The number of fused-ring (bicyclic) bond motifs is 1. The van der Waals surface area contributed by atoms with Gasteiger partial charge in [0.1, 0.15) is 11.6 Å². The van der Waals surface area contributed by atoms with Crippen LogP contribution in [0.25, 0.3) is 10.8 Å². The van der Waals surface area contributed by atoms with Crippen molar-refractivity contribution < 1.29 is 17.9 Å². The SMILES string of the molecule is C[C@@H](Nc1nn(C)c(=O)c2cnc(N3CCOCC3)cc12)c1cccc(C(F)F)c1F. The molecule has 1 aliphatic rings. The maximum atomic E-state index is 14.6. The normalized spacial score (nSPS) is 15.5. The molecule has 0 spiro atoms. The minimum atomic E-state index is -2.91. The summed E-state index contributed by atoms with van der Waals surface area (Å²) in [7, 11) is 1.51. The molecule has 1 saturated heterocycles. The molecule has 1 atom stereocenters. The molecule has 4 rings (SSSR count). The zero-order chi connectivity index (χ0) is 22.1. The number of hydrogen-bond acceptors (Lipinski definition) is 6. The highest BCUT2D eigenvalue weighted by Crippen LogP contribution is 2.30. The van der Waals surface area contributed by atoms with Gasteiger partial charge in [-0.1, -0.05) is 18.2 Å². The summed E-state index contributed by atoms with van der Waals surface area (Å²) in [6.07, 6.45) is -1.41. The molecule has 1 aromatic carbocycles. The van der Waals surface area contributed by atoms with E-state index in [0.29, 0.717) is 48.7 Å². The molecule has 1 aliphatic heterocycles. The van der Waals surface area contributed by atoms with E-state index in [4.69, 9.17) is 4.74 Å². The summed E-state index contributed by atoms with van der Waals surface area (Å²) in [6, 6.07) is 4.99. The molecule has 0 bridgehead atoms. The topological polar surface area (TPSA) is 72.3 Å². The van der Waals surface area contributed by atoms with Crippen molar-refractivity contribution in [1.82, 2.24) is 14.8 Å². The van der Waals surface area contributed by atoms with E-state index in [0.717, 1.165) is 6.07 Å². The van der Waals surface area contributed by atoms with Gasteiger partial charge >= 0.3 is 0 Å². The maximum Gasteiger partial charge on any atom is 0.276 e. The fourth-order valence-electron chi connectivity index (χ4n) is 3.66. The number of pyridine rings is 1. The first-order valence-corrected chi connectivity index (χ1v) is 9.89. The van der Waals surface area contributed by atoms with E-state index < -0.39 is 23.8 Å². The van der Waals surface area contributed by atoms with Crippen LogP contribution in [0.15, 0.2) is 35.3 Å². The number of alkyl halides is 2. The number of anilines is 2. The van der Waals surface area contributed by atoms with Crippen molar-refractivity contribution in [3.05, 3.63) is 57.8 Å². The number of ether oxygens (including phenoxy) is 1. The quantitative estimate of drug-likeness (QED) is 0.665. The predicted octanol–water partition coefficient (Wildman–Crippen LogP) is 3.41. The van der Waals surface area contributed by atoms with Crippen molar-refractivity contribution in [2.24, 2.45) is 7.05 Å². The lowest BCUT2D eigenvalue weighted by Crippen LogP contribution is -2.36. The number of hydrogen-bond donors (Lipinski definition) is 1. The molecule has 164 valence electrons.